The maximum atomic E-state index is 4.33. The van der Waals surface area contributed by atoms with E-state index in [2.05, 4.69) is 27.3 Å². The maximum Gasteiger partial charge on any atom is 0.205 e. The Kier molecular flexibility index (Phi) is 4.33. The van der Waals surface area contributed by atoms with Crippen molar-refractivity contribution in [3.8, 4) is 0 Å². The number of hydrogen-bond acceptors (Lipinski definition) is 5. The summed E-state index contributed by atoms with van der Waals surface area (Å²) in [6.45, 7) is 5.27. The largest absolute Gasteiger partial charge is 0.360 e. The minimum Gasteiger partial charge on any atom is -0.360 e. The van der Waals surface area contributed by atoms with Gasteiger partial charge in [0.1, 0.15) is 5.01 Å². The Morgan fingerprint density at radius 1 is 1.21 bits per heavy atom. The molecule has 1 aromatic rings. The van der Waals surface area contributed by atoms with Crippen LogP contribution in [0.5, 0.6) is 0 Å². The summed E-state index contributed by atoms with van der Waals surface area (Å²) in [6.07, 6.45) is 8.50. The second kappa shape index (κ2) is 6.18. The average molecular weight is 280 g/mol. The zero-order chi connectivity index (χ0) is 13.1. The van der Waals surface area contributed by atoms with Crippen LogP contribution in [0.3, 0.4) is 0 Å². The van der Waals surface area contributed by atoms with Crippen LogP contribution in [0.2, 0.25) is 0 Å². The molecule has 0 amide bonds. The highest BCUT2D eigenvalue weighted by atomic mass is 32.1. The first-order chi connectivity index (χ1) is 9.36. The highest BCUT2D eigenvalue weighted by Crippen LogP contribution is 2.36. The number of hydrogen-bond donors (Lipinski definition) is 1. The number of likely N-dealkylation sites (tertiary alicyclic amines) is 1. The van der Waals surface area contributed by atoms with E-state index in [1.54, 1.807) is 11.3 Å². The number of piperidine rings is 1. The average Bonchev–Trinajstić information content (AvgIpc) is 2.87. The SMILES string of the molecule is CCNc1nnc(CN2CCCC3CCCCC32)s1. The molecule has 1 N–H and O–H groups in total. The predicted molar refractivity (Wildman–Crippen MR) is 79.5 cm³/mol. The highest BCUT2D eigenvalue weighted by Gasteiger charge is 2.33. The Hall–Kier alpha value is -0.680. The van der Waals surface area contributed by atoms with E-state index in [-0.39, 0.29) is 0 Å². The van der Waals surface area contributed by atoms with E-state index in [4.69, 9.17) is 0 Å². The number of rotatable bonds is 4. The first-order valence-electron chi connectivity index (χ1n) is 7.67. The zero-order valence-electron chi connectivity index (χ0n) is 11.8. The normalized spacial score (nSPS) is 28.1. The first-order valence-corrected chi connectivity index (χ1v) is 8.48. The minimum atomic E-state index is 0.814. The Labute approximate surface area is 119 Å². The van der Waals surface area contributed by atoms with Crippen LogP contribution in [-0.2, 0) is 6.54 Å². The van der Waals surface area contributed by atoms with Crippen LogP contribution in [0.25, 0.3) is 0 Å². The number of fused-ring (bicyclic) bond motifs is 1. The quantitative estimate of drug-likeness (QED) is 0.920. The summed E-state index contributed by atoms with van der Waals surface area (Å²) in [5, 5.41) is 13.9. The van der Waals surface area contributed by atoms with Crippen molar-refractivity contribution in [2.75, 3.05) is 18.4 Å². The molecule has 2 atom stereocenters. The van der Waals surface area contributed by atoms with E-state index >= 15 is 0 Å². The lowest BCUT2D eigenvalue weighted by Crippen LogP contribution is -2.46. The molecule has 1 saturated heterocycles. The first kappa shape index (κ1) is 13.3. The molecule has 1 aliphatic carbocycles. The Morgan fingerprint density at radius 2 is 2.05 bits per heavy atom. The van der Waals surface area contributed by atoms with E-state index in [1.807, 2.05) is 0 Å². The summed E-state index contributed by atoms with van der Waals surface area (Å²) < 4.78 is 0. The van der Waals surface area contributed by atoms with Gasteiger partial charge in [0.2, 0.25) is 5.13 Å². The standard InChI is InChI=1S/C14H24N4S/c1-2-15-14-17-16-13(19-14)10-18-9-5-7-11-6-3-4-8-12(11)18/h11-12H,2-10H2,1H3,(H,15,17). The lowest BCUT2D eigenvalue weighted by Gasteiger charge is -2.43. The molecular weight excluding hydrogens is 256 g/mol. The van der Waals surface area contributed by atoms with E-state index in [9.17, 15) is 0 Å². The van der Waals surface area contributed by atoms with Gasteiger partial charge in [0.15, 0.2) is 0 Å². The van der Waals surface area contributed by atoms with Gasteiger partial charge in [-0.3, -0.25) is 4.90 Å². The highest BCUT2D eigenvalue weighted by molar-refractivity contribution is 7.15. The fraction of sp³-hybridized carbons (Fsp3) is 0.857. The number of nitrogens with zero attached hydrogens (tertiary/aromatic N) is 3. The van der Waals surface area contributed by atoms with E-state index < -0.39 is 0 Å². The smallest absolute Gasteiger partial charge is 0.205 e. The van der Waals surface area contributed by atoms with Gasteiger partial charge in [0.05, 0.1) is 6.54 Å². The van der Waals surface area contributed by atoms with Crippen LogP contribution in [0.15, 0.2) is 0 Å². The molecule has 1 aliphatic heterocycles. The van der Waals surface area contributed by atoms with Crippen LogP contribution in [0.1, 0.15) is 50.5 Å². The second-order valence-electron chi connectivity index (χ2n) is 5.76. The molecule has 0 aromatic carbocycles. The van der Waals surface area contributed by atoms with Crippen molar-refractivity contribution in [1.82, 2.24) is 15.1 Å². The zero-order valence-corrected chi connectivity index (χ0v) is 12.6. The lowest BCUT2D eigenvalue weighted by molar-refractivity contribution is 0.0545. The van der Waals surface area contributed by atoms with Crippen molar-refractivity contribution in [1.29, 1.82) is 0 Å². The van der Waals surface area contributed by atoms with Crippen molar-refractivity contribution in [2.45, 2.75) is 58.0 Å². The summed E-state index contributed by atoms with van der Waals surface area (Å²) in [6, 6.07) is 0.814. The van der Waals surface area contributed by atoms with Crippen LogP contribution in [0.4, 0.5) is 5.13 Å². The molecule has 4 nitrogen and oxygen atoms in total. The molecule has 2 aliphatic rings. The van der Waals surface area contributed by atoms with Gasteiger partial charge < -0.3 is 5.32 Å². The molecule has 3 rings (SSSR count). The van der Waals surface area contributed by atoms with Crippen molar-refractivity contribution < 1.29 is 0 Å². The van der Waals surface area contributed by atoms with Crippen LogP contribution >= 0.6 is 11.3 Å². The third kappa shape index (κ3) is 3.08. The van der Waals surface area contributed by atoms with Crippen molar-refractivity contribution in [3.05, 3.63) is 5.01 Å². The fourth-order valence-electron chi connectivity index (χ4n) is 3.64. The van der Waals surface area contributed by atoms with Gasteiger partial charge in [-0.1, -0.05) is 24.2 Å². The molecule has 2 unspecified atom stereocenters. The maximum absolute atomic E-state index is 4.33. The third-order valence-electron chi connectivity index (χ3n) is 4.49. The Bertz CT molecular complexity index is 404. The van der Waals surface area contributed by atoms with Gasteiger partial charge in [-0.25, -0.2) is 0 Å². The van der Waals surface area contributed by atoms with Crippen LogP contribution < -0.4 is 5.32 Å². The molecule has 2 heterocycles. The van der Waals surface area contributed by atoms with Gasteiger partial charge in [0, 0.05) is 12.6 Å². The third-order valence-corrected chi connectivity index (χ3v) is 5.36. The molecule has 19 heavy (non-hydrogen) atoms. The monoisotopic (exact) mass is 280 g/mol. The van der Waals surface area contributed by atoms with Crippen LogP contribution in [0, 0.1) is 5.92 Å². The number of aromatic nitrogens is 2. The number of anilines is 1. The summed E-state index contributed by atoms with van der Waals surface area (Å²) in [5.74, 6) is 0.948. The van der Waals surface area contributed by atoms with Gasteiger partial charge in [-0.2, -0.15) is 0 Å². The predicted octanol–water partition coefficient (Wildman–Crippen LogP) is 3.12. The van der Waals surface area contributed by atoms with E-state index in [0.717, 1.165) is 30.2 Å². The summed E-state index contributed by atoms with van der Waals surface area (Å²) >= 11 is 1.72. The lowest BCUT2D eigenvalue weighted by atomic mass is 9.78. The van der Waals surface area contributed by atoms with Gasteiger partial charge >= 0.3 is 0 Å². The Morgan fingerprint density at radius 3 is 2.95 bits per heavy atom. The molecule has 0 bridgehead atoms. The summed E-state index contributed by atoms with van der Waals surface area (Å²) in [4.78, 5) is 2.67. The molecular formula is C14H24N4S. The summed E-state index contributed by atoms with van der Waals surface area (Å²) in [5.41, 5.74) is 0. The molecule has 0 radical (unpaired) electrons. The second-order valence-corrected chi connectivity index (χ2v) is 6.82. The fourth-order valence-corrected chi connectivity index (χ4v) is 4.47. The van der Waals surface area contributed by atoms with Gasteiger partial charge in [-0.15, -0.1) is 10.2 Å². The van der Waals surface area contributed by atoms with Crippen molar-refractivity contribution >= 4 is 16.5 Å². The molecule has 1 aromatic heterocycles. The molecule has 106 valence electrons. The van der Waals surface area contributed by atoms with Gasteiger partial charge in [-0.05, 0) is 45.1 Å². The van der Waals surface area contributed by atoms with E-state index in [1.165, 1.54) is 50.1 Å². The van der Waals surface area contributed by atoms with Crippen LogP contribution in [-0.4, -0.2) is 34.2 Å². The Balaban J connectivity index is 1.63. The molecule has 0 spiro atoms. The molecule has 5 heteroatoms. The van der Waals surface area contributed by atoms with Crippen molar-refractivity contribution in [2.24, 2.45) is 5.92 Å². The number of nitrogens with one attached hydrogen (secondary N) is 1. The van der Waals surface area contributed by atoms with E-state index in [0.29, 0.717) is 0 Å². The minimum absolute atomic E-state index is 0.814. The molecule has 1 saturated carbocycles. The summed E-state index contributed by atoms with van der Waals surface area (Å²) in [7, 11) is 0. The van der Waals surface area contributed by atoms with Gasteiger partial charge in [0.25, 0.3) is 0 Å². The van der Waals surface area contributed by atoms with Crippen molar-refractivity contribution in [3.63, 3.8) is 0 Å². The molecule has 2 fully saturated rings. The topological polar surface area (TPSA) is 41.1 Å².